The second-order valence-electron chi connectivity index (χ2n) is 7.23. The lowest BCUT2D eigenvalue weighted by atomic mass is 9.85. The van der Waals surface area contributed by atoms with Crippen LogP contribution in [0, 0.1) is 5.92 Å². The van der Waals surface area contributed by atoms with E-state index < -0.39 is 17.8 Å². The number of hydrogen-bond donors (Lipinski definition) is 3. The molecule has 1 saturated carbocycles. The number of carbonyl (C=O) groups is 3. The molecule has 3 N–H and O–H groups in total. The maximum absolute atomic E-state index is 12.4. The number of phenols is 1. The Hall–Kier alpha value is -2.97. The van der Waals surface area contributed by atoms with Crippen LogP contribution in [-0.2, 0) is 14.3 Å². The van der Waals surface area contributed by atoms with Crippen LogP contribution >= 0.6 is 23.2 Å². The maximum Gasteiger partial charge on any atom is 0.397 e. The lowest BCUT2D eigenvalue weighted by Crippen LogP contribution is -2.32. The molecule has 2 aromatic rings. The van der Waals surface area contributed by atoms with Gasteiger partial charge in [0.2, 0.25) is 0 Å². The van der Waals surface area contributed by atoms with E-state index >= 15 is 0 Å². The predicted molar refractivity (Wildman–Crippen MR) is 120 cm³/mol. The number of carbonyl (C=O) groups excluding carboxylic acids is 3. The second kappa shape index (κ2) is 10.6. The van der Waals surface area contributed by atoms with Gasteiger partial charge in [0.1, 0.15) is 11.5 Å². The molecule has 2 amide bonds. The fourth-order valence-electron chi connectivity index (χ4n) is 3.02. The first kappa shape index (κ1) is 23.7. The van der Waals surface area contributed by atoms with Crippen LogP contribution in [0.25, 0.3) is 0 Å². The molecule has 1 fully saturated rings. The largest absolute Gasteiger partial charge is 0.507 e. The van der Waals surface area contributed by atoms with Gasteiger partial charge in [-0.3, -0.25) is 9.59 Å². The Labute approximate surface area is 194 Å². The molecule has 32 heavy (non-hydrogen) atoms. The third-order valence-electron chi connectivity index (χ3n) is 4.93. The van der Waals surface area contributed by atoms with Crippen molar-refractivity contribution in [2.24, 2.45) is 5.92 Å². The minimum Gasteiger partial charge on any atom is -0.507 e. The van der Waals surface area contributed by atoms with E-state index in [4.69, 9.17) is 27.9 Å². The van der Waals surface area contributed by atoms with Crippen molar-refractivity contribution in [2.75, 3.05) is 18.5 Å². The van der Waals surface area contributed by atoms with Crippen LogP contribution in [0.4, 0.5) is 5.69 Å². The van der Waals surface area contributed by atoms with Crippen LogP contribution in [-0.4, -0.2) is 36.0 Å². The van der Waals surface area contributed by atoms with Crippen molar-refractivity contribution in [3.05, 3.63) is 45.9 Å². The van der Waals surface area contributed by atoms with Crippen LogP contribution < -0.4 is 15.4 Å². The molecule has 2 aromatic carbocycles. The number of esters is 1. The number of phenolic OH excluding ortho intramolecular Hbond substituents is 1. The first-order chi connectivity index (χ1) is 15.3. The Balaban J connectivity index is 1.73. The SMILES string of the molecule is CCOC(=O)C(=O)Nc1cc(Cl)c(Oc2ccc(O)c(C(=O)NCC3CCC3)c2)c(Cl)c1. The second-order valence-corrected chi connectivity index (χ2v) is 8.05. The van der Waals surface area contributed by atoms with Gasteiger partial charge in [-0.05, 0) is 56.0 Å². The molecular formula is C22H22Cl2N2O6. The van der Waals surface area contributed by atoms with Crippen molar-refractivity contribution in [3.8, 4) is 17.2 Å². The Morgan fingerprint density at radius 3 is 2.41 bits per heavy atom. The minimum absolute atomic E-state index is 0.0562. The van der Waals surface area contributed by atoms with Gasteiger partial charge in [-0.15, -0.1) is 0 Å². The number of hydrogen-bond acceptors (Lipinski definition) is 6. The Morgan fingerprint density at radius 2 is 1.81 bits per heavy atom. The van der Waals surface area contributed by atoms with Crippen LogP contribution in [0.2, 0.25) is 10.0 Å². The summed E-state index contributed by atoms with van der Waals surface area (Å²) >= 11 is 12.5. The van der Waals surface area contributed by atoms with E-state index in [1.807, 2.05) is 0 Å². The highest BCUT2D eigenvalue weighted by Crippen LogP contribution is 2.39. The monoisotopic (exact) mass is 480 g/mol. The molecule has 0 aromatic heterocycles. The molecule has 0 bridgehead atoms. The van der Waals surface area contributed by atoms with Gasteiger partial charge in [0.15, 0.2) is 5.75 Å². The normalized spacial score (nSPS) is 13.1. The molecule has 10 heteroatoms. The predicted octanol–water partition coefficient (Wildman–Crippen LogP) is 4.52. The summed E-state index contributed by atoms with van der Waals surface area (Å²) in [6.07, 6.45) is 3.34. The zero-order valence-corrected chi connectivity index (χ0v) is 18.8. The number of amides is 2. The molecule has 0 spiro atoms. The van der Waals surface area contributed by atoms with E-state index in [9.17, 15) is 19.5 Å². The third-order valence-corrected chi connectivity index (χ3v) is 5.49. The van der Waals surface area contributed by atoms with Gasteiger partial charge in [-0.25, -0.2) is 4.79 Å². The van der Waals surface area contributed by atoms with E-state index in [2.05, 4.69) is 15.4 Å². The van der Waals surface area contributed by atoms with Crippen molar-refractivity contribution in [1.82, 2.24) is 5.32 Å². The summed E-state index contributed by atoms with van der Waals surface area (Å²) in [6, 6.07) is 6.89. The van der Waals surface area contributed by atoms with Gasteiger partial charge in [0, 0.05) is 12.2 Å². The number of aromatic hydroxyl groups is 1. The van der Waals surface area contributed by atoms with E-state index in [0.717, 1.165) is 12.8 Å². The minimum atomic E-state index is -1.03. The Kier molecular flexibility index (Phi) is 7.82. The summed E-state index contributed by atoms with van der Waals surface area (Å²) < 4.78 is 10.4. The number of rotatable bonds is 7. The van der Waals surface area contributed by atoms with Crippen LogP contribution in [0.5, 0.6) is 17.2 Å². The average Bonchev–Trinajstić information content (AvgIpc) is 2.70. The summed E-state index contributed by atoms with van der Waals surface area (Å²) in [7, 11) is 0. The van der Waals surface area contributed by atoms with Crippen LogP contribution in [0.15, 0.2) is 30.3 Å². The smallest absolute Gasteiger partial charge is 0.397 e. The highest BCUT2D eigenvalue weighted by molar-refractivity contribution is 6.39. The van der Waals surface area contributed by atoms with E-state index in [1.165, 1.54) is 36.8 Å². The fourth-order valence-corrected chi connectivity index (χ4v) is 3.58. The summed E-state index contributed by atoms with van der Waals surface area (Å²) in [6.45, 7) is 2.20. The Morgan fingerprint density at radius 1 is 1.12 bits per heavy atom. The van der Waals surface area contributed by atoms with Gasteiger partial charge < -0.3 is 25.2 Å². The molecule has 0 unspecified atom stereocenters. The Bertz CT molecular complexity index is 1020. The first-order valence-electron chi connectivity index (χ1n) is 10.0. The van der Waals surface area contributed by atoms with Gasteiger partial charge in [0.25, 0.3) is 5.91 Å². The highest BCUT2D eigenvalue weighted by Gasteiger charge is 2.21. The van der Waals surface area contributed by atoms with Crippen molar-refractivity contribution in [2.45, 2.75) is 26.2 Å². The molecule has 170 valence electrons. The lowest BCUT2D eigenvalue weighted by molar-refractivity contribution is -0.152. The van der Waals surface area contributed by atoms with E-state index in [-0.39, 0.29) is 45.2 Å². The fraction of sp³-hybridized carbons (Fsp3) is 0.318. The molecule has 1 aliphatic rings. The number of nitrogens with one attached hydrogen (secondary N) is 2. The van der Waals surface area contributed by atoms with Crippen molar-refractivity contribution in [1.29, 1.82) is 0 Å². The van der Waals surface area contributed by atoms with Gasteiger partial charge in [-0.2, -0.15) is 0 Å². The number of anilines is 1. The summed E-state index contributed by atoms with van der Waals surface area (Å²) in [5, 5.41) is 15.3. The molecule has 0 heterocycles. The van der Waals surface area contributed by atoms with Gasteiger partial charge in [-0.1, -0.05) is 29.6 Å². The zero-order valence-electron chi connectivity index (χ0n) is 17.2. The molecule has 0 radical (unpaired) electrons. The summed E-state index contributed by atoms with van der Waals surface area (Å²) in [5.41, 5.74) is 0.236. The lowest BCUT2D eigenvalue weighted by Gasteiger charge is -2.25. The van der Waals surface area contributed by atoms with Gasteiger partial charge in [0.05, 0.1) is 22.2 Å². The summed E-state index contributed by atoms with van der Waals surface area (Å²) in [4.78, 5) is 35.7. The molecule has 0 saturated heterocycles. The quantitative estimate of drug-likeness (QED) is 0.396. The molecule has 1 aliphatic carbocycles. The molecule has 0 atom stereocenters. The average molecular weight is 481 g/mol. The van der Waals surface area contributed by atoms with Crippen molar-refractivity contribution >= 4 is 46.7 Å². The molecule has 8 nitrogen and oxygen atoms in total. The molecule has 0 aliphatic heterocycles. The standard InChI is InChI=1S/C22H22Cl2N2O6/c1-2-31-22(30)21(29)26-13-8-16(23)19(17(24)9-13)32-14-6-7-18(27)15(10-14)20(28)25-11-12-4-3-5-12/h6-10,12,27H,2-5,11H2,1H3,(H,25,28)(H,26,29). The third kappa shape index (κ3) is 5.83. The van der Waals surface area contributed by atoms with Crippen molar-refractivity contribution in [3.63, 3.8) is 0 Å². The number of benzene rings is 2. The van der Waals surface area contributed by atoms with Crippen LogP contribution in [0.3, 0.4) is 0 Å². The maximum atomic E-state index is 12.4. The number of halogens is 2. The van der Waals surface area contributed by atoms with Gasteiger partial charge >= 0.3 is 11.9 Å². The topological polar surface area (TPSA) is 114 Å². The van der Waals surface area contributed by atoms with Crippen molar-refractivity contribution < 1.29 is 29.0 Å². The number of ether oxygens (including phenoxy) is 2. The summed E-state index contributed by atoms with van der Waals surface area (Å²) in [5.74, 6) is -1.82. The van der Waals surface area contributed by atoms with E-state index in [0.29, 0.717) is 12.5 Å². The van der Waals surface area contributed by atoms with E-state index in [1.54, 1.807) is 6.92 Å². The zero-order chi connectivity index (χ0) is 23.3. The first-order valence-corrected chi connectivity index (χ1v) is 10.8. The molecule has 3 rings (SSSR count). The van der Waals surface area contributed by atoms with Crippen LogP contribution in [0.1, 0.15) is 36.5 Å². The molecular weight excluding hydrogens is 459 g/mol. The highest BCUT2D eigenvalue weighted by atomic mass is 35.5.